The fourth-order valence-corrected chi connectivity index (χ4v) is 9.28. The number of aryl methyl sites for hydroxylation is 1. The van der Waals surface area contributed by atoms with Crippen LogP contribution >= 0.6 is 0 Å². The predicted octanol–water partition coefficient (Wildman–Crippen LogP) is 8.47. The summed E-state index contributed by atoms with van der Waals surface area (Å²) in [4.78, 5) is 40.3. The van der Waals surface area contributed by atoms with Crippen molar-refractivity contribution >= 4 is 17.3 Å². The highest BCUT2D eigenvalue weighted by Gasteiger charge is 2.63. The van der Waals surface area contributed by atoms with E-state index in [2.05, 4.69) is 47.6 Å². The molecular formula is C39H48O4. The molecular weight excluding hydrogens is 532 g/mol. The summed E-state index contributed by atoms with van der Waals surface area (Å²) < 4.78 is 0. The maximum atomic E-state index is 14.8. The molecule has 0 spiro atoms. The average molecular weight is 581 g/mol. The van der Waals surface area contributed by atoms with Crippen molar-refractivity contribution in [3.05, 3.63) is 92.1 Å². The van der Waals surface area contributed by atoms with Gasteiger partial charge in [-0.1, -0.05) is 82.2 Å². The van der Waals surface area contributed by atoms with Crippen LogP contribution in [-0.4, -0.2) is 28.6 Å². The van der Waals surface area contributed by atoms with E-state index in [9.17, 15) is 19.5 Å². The largest absolute Gasteiger partial charge is 0.387 e. The van der Waals surface area contributed by atoms with Crippen LogP contribution in [0, 0.1) is 23.2 Å². The van der Waals surface area contributed by atoms with E-state index in [4.69, 9.17) is 0 Å². The molecule has 3 aliphatic carbocycles. The van der Waals surface area contributed by atoms with Crippen molar-refractivity contribution in [3.8, 4) is 0 Å². The number of aliphatic hydroxyl groups excluding tert-OH is 1. The third-order valence-corrected chi connectivity index (χ3v) is 11.5. The van der Waals surface area contributed by atoms with Crippen LogP contribution in [-0.2, 0) is 17.6 Å². The van der Waals surface area contributed by atoms with Crippen LogP contribution in [0.5, 0.6) is 0 Å². The monoisotopic (exact) mass is 580 g/mol. The van der Waals surface area contributed by atoms with Gasteiger partial charge >= 0.3 is 0 Å². The Morgan fingerprint density at radius 2 is 1.67 bits per heavy atom. The minimum Gasteiger partial charge on any atom is -0.387 e. The number of allylic oxidation sites excluding steroid dienone is 2. The minimum absolute atomic E-state index is 0.0778. The number of hydrogen-bond acceptors (Lipinski definition) is 4. The first kappa shape index (κ1) is 31.3. The third-order valence-electron chi connectivity index (χ3n) is 11.5. The van der Waals surface area contributed by atoms with Gasteiger partial charge in [-0.3, -0.25) is 14.4 Å². The summed E-state index contributed by atoms with van der Waals surface area (Å²) in [5.74, 6) is 0.388. The number of rotatable bonds is 7. The molecule has 1 N–H and O–H groups in total. The Labute approximate surface area is 257 Å². The quantitative estimate of drug-likeness (QED) is 0.334. The van der Waals surface area contributed by atoms with Crippen molar-refractivity contribution in [3.63, 3.8) is 0 Å². The molecule has 228 valence electrons. The van der Waals surface area contributed by atoms with Crippen molar-refractivity contribution in [2.45, 2.75) is 113 Å². The molecule has 5 rings (SSSR count). The maximum Gasteiger partial charge on any atom is 0.190 e. The van der Waals surface area contributed by atoms with Gasteiger partial charge in [0.1, 0.15) is 0 Å². The molecule has 0 bridgehead atoms. The van der Waals surface area contributed by atoms with E-state index in [1.165, 1.54) is 18.1 Å². The second-order valence-corrected chi connectivity index (χ2v) is 14.7. The van der Waals surface area contributed by atoms with Gasteiger partial charge in [0, 0.05) is 39.5 Å². The summed E-state index contributed by atoms with van der Waals surface area (Å²) in [6.07, 6.45) is 3.26. The number of benzene rings is 2. The van der Waals surface area contributed by atoms with Crippen molar-refractivity contribution in [2.75, 3.05) is 0 Å². The number of carbonyl (C=O) groups is 3. The molecule has 0 radical (unpaired) electrons. The smallest absolute Gasteiger partial charge is 0.190 e. The Morgan fingerprint density at radius 3 is 2.28 bits per heavy atom. The maximum absolute atomic E-state index is 14.8. The number of fused-ring (bicyclic) bond motifs is 3. The fourth-order valence-electron chi connectivity index (χ4n) is 9.28. The van der Waals surface area contributed by atoms with Gasteiger partial charge in [0.2, 0.25) is 0 Å². The van der Waals surface area contributed by atoms with E-state index in [1.54, 1.807) is 0 Å². The molecule has 4 unspecified atom stereocenters. The molecule has 2 aromatic rings. The fraction of sp³-hybridized carbons (Fsp3) is 0.513. The lowest BCUT2D eigenvalue weighted by atomic mass is 9.42. The standard InChI is InChI=1S/C39H48O4/c1-22(2)29-18-28(16-13-17-31(41)27-14-11-10-12-15-27)24(4)33-30(29)20-37(7)21-38(8)19-23(3)32(26(6)40)36(43)39(38,9)25(5)34(37)35(33)42/h10-12,14-15,18,22,36,43H,13,16-17,19-21H2,1-9H3. The summed E-state index contributed by atoms with van der Waals surface area (Å²) >= 11 is 0. The van der Waals surface area contributed by atoms with Crippen LogP contribution in [0.15, 0.2) is 58.7 Å². The predicted molar refractivity (Wildman–Crippen MR) is 173 cm³/mol. The molecule has 4 heteroatoms. The molecule has 2 aromatic carbocycles. The summed E-state index contributed by atoms with van der Waals surface area (Å²) in [7, 11) is 0. The topological polar surface area (TPSA) is 71.4 Å². The Morgan fingerprint density at radius 1 is 1.02 bits per heavy atom. The van der Waals surface area contributed by atoms with E-state index in [0.29, 0.717) is 12.0 Å². The molecule has 3 aliphatic rings. The lowest BCUT2D eigenvalue weighted by Crippen LogP contribution is -2.58. The highest BCUT2D eigenvalue weighted by atomic mass is 16.3. The van der Waals surface area contributed by atoms with Crippen LogP contribution < -0.4 is 0 Å². The number of Topliss-reactive ketones (excluding diaryl/α,β-unsaturated/α-hetero) is 3. The Balaban J connectivity index is 1.59. The first-order chi connectivity index (χ1) is 20.1. The van der Waals surface area contributed by atoms with Crippen LogP contribution in [0.2, 0.25) is 0 Å². The van der Waals surface area contributed by atoms with E-state index < -0.39 is 11.5 Å². The molecule has 0 aliphatic heterocycles. The molecule has 4 nitrogen and oxygen atoms in total. The van der Waals surface area contributed by atoms with Gasteiger partial charge in [0.25, 0.3) is 0 Å². The molecule has 43 heavy (non-hydrogen) atoms. The van der Waals surface area contributed by atoms with Crippen molar-refractivity contribution in [2.24, 2.45) is 16.2 Å². The van der Waals surface area contributed by atoms with Gasteiger partial charge in [-0.2, -0.15) is 0 Å². The molecule has 0 aromatic heterocycles. The van der Waals surface area contributed by atoms with Gasteiger partial charge in [0.15, 0.2) is 17.3 Å². The summed E-state index contributed by atoms with van der Waals surface area (Å²) in [5.41, 5.74) is 7.97. The molecule has 0 saturated heterocycles. The number of hydrogen-bond donors (Lipinski definition) is 1. The molecule has 0 heterocycles. The van der Waals surface area contributed by atoms with Gasteiger partial charge in [-0.05, 0) is 93.4 Å². The van der Waals surface area contributed by atoms with Gasteiger partial charge in [-0.15, -0.1) is 0 Å². The third kappa shape index (κ3) is 4.72. The Kier molecular flexibility index (Phi) is 7.87. The molecule has 0 saturated carbocycles. The van der Waals surface area contributed by atoms with Crippen molar-refractivity contribution < 1.29 is 19.5 Å². The lowest BCUT2D eigenvalue weighted by Gasteiger charge is -2.62. The zero-order valence-corrected chi connectivity index (χ0v) is 27.5. The Hall–Kier alpha value is -3.11. The normalized spacial score (nSPS) is 28.5. The average Bonchev–Trinajstić information content (AvgIpc) is 2.91. The highest BCUT2D eigenvalue weighted by molar-refractivity contribution is 6.14. The number of carbonyl (C=O) groups excluding carboxylic acids is 3. The summed E-state index contributed by atoms with van der Waals surface area (Å²) in [6, 6.07) is 11.7. The van der Waals surface area contributed by atoms with Gasteiger partial charge in [-0.25, -0.2) is 0 Å². The first-order valence-electron chi connectivity index (χ1n) is 16.0. The van der Waals surface area contributed by atoms with E-state index >= 15 is 0 Å². The van der Waals surface area contributed by atoms with Crippen molar-refractivity contribution in [1.82, 2.24) is 0 Å². The minimum atomic E-state index is -0.948. The van der Waals surface area contributed by atoms with E-state index in [-0.39, 0.29) is 34.1 Å². The van der Waals surface area contributed by atoms with Crippen LogP contribution in [0.4, 0.5) is 0 Å². The SMILES string of the molecule is CC(=O)C1=C(C)CC2(C)CC3(C)Cc4c(C(C)C)cc(CCCC(=O)c5ccccc5)c(C)c4C(=O)C3=C(C)C2(C)C1O. The van der Waals surface area contributed by atoms with E-state index in [0.717, 1.165) is 71.1 Å². The number of ketones is 3. The molecule has 0 fully saturated rings. The molecule has 4 atom stereocenters. The molecule has 0 amide bonds. The summed E-state index contributed by atoms with van der Waals surface area (Å²) in [6.45, 7) is 18.6. The van der Waals surface area contributed by atoms with Crippen LogP contribution in [0.3, 0.4) is 0 Å². The zero-order chi connectivity index (χ0) is 31.6. The zero-order valence-electron chi connectivity index (χ0n) is 27.5. The van der Waals surface area contributed by atoms with Crippen LogP contribution in [0.1, 0.15) is 130 Å². The second-order valence-electron chi connectivity index (χ2n) is 14.7. The Bertz CT molecular complexity index is 1590. The van der Waals surface area contributed by atoms with E-state index in [1.807, 2.05) is 44.2 Å². The van der Waals surface area contributed by atoms with Crippen molar-refractivity contribution in [1.29, 1.82) is 0 Å². The first-order valence-corrected chi connectivity index (χ1v) is 16.0. The highest BCUT2D eigenvalue weighted by Crippen LogP contribution is 2.67. The van der Waals surface area contributed by atoms with Crippen LogP contribution in [0.25, 0.3) is 0 Å². The van der Waals surface area contributed by atoms with Gasteiger partial charge < -0.3 is 5.11 Å². The lowest BCUT2D eigenvalue weighted by molar-refractivity contribution is -0.118. The second kappa shape index (κ2) is 10.8. The number of aliphatic hydroxyl groups is 1. The summed E-state index contributed by atoms with van der Waals surface area (Å²) in [5, 5.41) is 11.8. The van der Waals surface area contributed by atoms with Gasteiger partial charge in [0.05, 0.1) is 6.10 Å².